The largest absolute Gasteiger partial charge is 0.493 e. The van der Waals surface area contributed by atoms with Gasteiger partial charge in [0.15, 0.2) is 0 Å². The van der Waals surface area contributed by atoms with E-state index in [1.54, 1.807) is 7.11 Å². The first-order valence-electron chi connectivity index (χ1n) is 10.8. The molecule has 0 aliphatic carbocycles. The van der Waals surface area contributed by atoms with Gasteiger partial charge in [0.2, 0.25) is 0 Å². The van der Waals surface area contributed by atoms with Gasteiger partial charge >= 0.3 is 0 Å². The van der Waals surface area contributed by atoms with Crippen LogP contribution in [0.1, 0.15) is 55.4 Å². The molecule has 0 aliphatic rings. The predicted octanol–water partition coefficient (Wildman–Crippen LogP) is 6.42. The third kappa shape index (κ3) is 7.25. The topological polar surface area (TPSA) is 40.0 Å². The summed E-state index contributed by atoms with van der Waals surface area (Å²) >= 11 is 0. The molecule has 2 rings (SSSR count). The molecular weight excluding hydrogens is 374 g/mol. The smallest absolute Gasteiger partial charge is 0.125 e. The van der Waals surface area contributed by atoms with Crippen molar-refractivity contribution in [3.05, 3.63) is 70.8 Å². The summed E-state index contributed by atoms with van der Waals surface area (Å²) in [5, 5.41) is 4.13. The van der Waals surface area contributed by atoms with Crippen molar-refractivity contribution in [2.75, 3.05) is 20.3 Å². The van der Waals surface area contributed by atoms with E-state index in [-0.39, 0.29) is 0 Å². The van der Waals surface area contributed by atoms with E-state index in [1.165, 1.54) is 5.56 Å². The van der Waals surface area contributed by atoms with Gasteiger partial charge in [-0.3, -0.25) is 0 Å². The van der Waals surface area contributed by atoms with Crippen molar-refractivity contribution in [2.24, 2.45) is 5.16 Å². The zero-order valence-electron chi connectivity index (χ0n) is 19.0. The van der Waals surface area contributed by atoms with Crippen LogP contribution < -0.4 is 9.47 Å². The van der Waals surface area contributed by atoms with E-state index in [0.717, 1.165) is 59.6 Å². The van der Waals surface area contributed by atoms with Crippen LogP contribution in [0.3, 0.4) is 0 Å². The molecule has 0 unspecified atom stereocenters. The van der Waals surface area contributed by atoms with Gasteiger partial charge in [0.1, 0.15) is 25.2 Å². The second-order valence-corrected chi connectivity index (χ2v) is 7.35. The lowest BCUT2D eigenvalue weighted by Gasteiger charge is -2.14. The molecule has 0 bridgehead atoms. The predicted molar refractivity (Wildman–Crippen MR) is 125 cm³/mol. The number of hydrogen-bond acceptors (Lipinski definition) is 4. The van der Waals surface area contributed by atoms with Crippen LogP contribution in [0.15, 0.2) is 53.7 Å². The SMILES string of the molecule is C/C=C/COc1cc(C)c(OCCCCc2cccc(/C(CC)=N/OC)c2)c(C)c1. The molecule has 162 valence electrons. The van der Waals surface area contributed by atoms with Crippen LogP contribution in [0.25, 0.3) is 0 Å². The molecule has 0 heterocycles. The summed E-state index contributed by atoms with van der Waals surface area (Å²) in [5.41, 5.74) is 5.66. The van der Waals surface area contributed by atoms with Gasteiger partial charge in [-0.05, 0) is 86.9 Å². The first kappa shape index (κ1) is 23.5. The molecule has 0 atom stereocenters. The molecule has 0 radical (unpaired) electrons. The summed E-state index contributed by atoms with van der Waals surface area (Å²) in [7, 11) is 1.59. The highest BCUT2D eigenvalue weighted by molar-refractivity contribution is 6.00. The second kappa shape index (κ2) is 12.7. The molecule has 0 aromatic heterocycles. The maximum absolute atomic E-state index is 6.09. The third-order valence-corrected chi connectivity index (χ3v) is 4.92. The van der Waals surface area contributed by atoms with E-state index in [9.17, 15) is 0 Å². The fourth-order valence-corrected chi connectivity index (χ4v) is 3.41. The number of rotatable bonds is 12. The first-order valence-corrected chi connectivity index (χ1v) is 10.8. The van der Waals surface area contributed by atoms with Crippen LogP contribution in [-0.4, -0.2) is 26.0 Å². The number of hydrogen-bond donors (Lipinski definition) is 0. The van der Waals surface area contributed by atoms with E-state index in [0.29, 0.717) is 13.2 Å². The monoisotopic (exact) mass is 409 g/mol. The van der Waals surface area contributed by atoms with Crippen LogP contribution >= 0.6 is 0 Å². The van der Waals surface area contributed by atoms with E-state index in [2.05, 4.69) is 50.2 Å². The Kier molecular flexibility index (Phi) is 9.99. The fourth-order valence-electron chi connectivity index (χ4n) is 3.41. The van der Waals surface area contributed by atoms with E-state index in [1.807, 2.05) is 31.2 Å². The summed E-state index contributed by atoms with van der Waals surface area (Å²) in [6, 6.07) is 12.7. The Balaban J connectivity index is 1.84. The lowest BCUT2D eigenvalue weighted by atomic mass is 10.0. The molecule has 2 aromatic rings. The highest BCUT2D eigenvalue weighted by Gasteiger charge is 2.08. The molecule has 2 aromatic carbocycles. The normalized spacial score (nSPS) is 11.7. The third-order valence-electron chi connectivity index (χ3n) is 4.92. The highest BCUT2D eigenvalue weighted by atomic mass is 16.6. The van der Waals surface area contributed by atoms with Gasteiger partial charge in [0.05, 0.1) is 12.3 Å². The molecule has 0 spiro atoms. The Hall–Kier alpha value is -2.75. The minimum atomic E-state index is 0.591. The van der Waals surface area contributed by atoms with Gasteiger partial charge in [0, 0.05) is 0 Å². The average molecular weight is 410 g/mol. The zero-order chi connectivity index (χ0) is 21.8. The standard InChI is InChI=1S/C26H35NO3/c1-6-8-15-29-24-17-20(3)26(21(4)18-24)30-16-10-9-12-22-13-11-14-23(19-22)25(7-2)27-28-5/h6,8,11,13-14,17-19H,7,9-10,12,15-16H2,1-5H3/b8-6+,27-25+. The maximum Gasteiger partial charge on any atom is 0.125 e. The van der Waals surface area contributed by atoms with Crippen molar-refractivity contribution in [3.63, 3.8) is 0 Å². The molecule has 0 N–H and O–H groups in total. The number of allylic oxidation sites excluding steroid dienone is 1. The van der Waals surface area contributed by atoms with Crippen molar-refractivity contribution in [2.45, 2.75) is 53.4 Å². The lowest BCUT2D eigenvalue weighted by molar-refractivity contribution is 0.213. The maximum atomic E-state index is 6.09. The Morgan fingerprint density at radius 2 is 1.80 bits per heavy atom. The molecule has 4 heteroatoms. The summed E-state index contributed by atoms with van der Waals surface area (Å²) < 4.78 is 11.8. The second-order valence-electron chi connectivity index (χ2n) is 7.35. The van der Waals surface area contributed by atoms with Gasteiger partial charge in [-0.15, -0.1) is 0 Å². The molecule has 4 nitrogen and oxygen atoms in total. The quantitative estimate of drug-likeness (QED) is 0.176. The number of oxime groups is 1. The van der Waals surface area contributed by atoms with Crippen molar-refractivity contribution in [1.29, 1.82) is 0 Å². The average Bonchev–Trinajstić information content (AvgIpc) is 2.74. The fraction of sp³-hybridized carbons (Fsp3) is 0.423. The van der Waals surface area contributed by atoms with Crippen molar-refractivity contribution >= 4 is 5.71 Å². The van der Waals surface area contributed by atoms with Gasteiger partial charge in [-0.25, -0.2) is 0 Å². The summed E-state index contributed by atoms with van der Waals surface area (Å²) in [6.07, 6.45) is 7.95. The zero-order valence-corrected chi connectivity index (χ0v) is 19.0. The Bertz CT molecular complexity index is 832. The van der Waals surface area contributed by atoms with Crippen molar-refractivity contribution in [1.82, 2.24) is 0 Å². The van der Waals surface area contributed by atoms with Crippen LogP contribution in [0.5, 0.6) is 11.5 Å². The number of aryl methyl sites for hydroxylation is 3. The summed E-state index contributed by atoms with van der Waals surface area (Å²) in [5.74, 6) is 1.86. The highest BCUT2D eigenvalue weighted by Crippen LogP contribution is 2.28. The van der Waals surface area contributed by atoms with Gasteiger partial charge in [-0.2, -0.15) is 0 Å². The van der Waals surface area contributed by atoms with Gasteiger partial charge in [0.25, 0.3) is 0 Å². The number of benzene rings is 2. The van der Waals surface area contributed by atoms with Gasteiger partial charge in [-0.1, -0.05) is 42.4 Å². The Labute approximate surface area is 181 Å². The molecule has 0 saturated heterocycles. The van der Waals surface area contributed by atoms with E-state index >= 15 is 0 Å². The summed E-state index contributed by atoms with van der Waals surface area (Å²) in [4.78, 5) is 4.96. The molecule has 0 amide bonds. The van der Waals surface area contributed by atoms with Crippen molar-refractivity contribution in [3.8, 4) is 11.5 Å². The first-order chi connectivity index (χ1) is 14.6. The molecule has 0 saturated carbocycles. The Morgan fingerprint density at radius 3 is 2.47 bits per heavy atom. The number of unbranched alkanes of at least 4 members (excludes halogenated alkanes) is 1. The van der Waals surface area contributed by atoms with Crippen LogP contribution in [-0.2, 0) is 11.3 Å². The van der Waals surface area contributed by atoms with Crippen LogP contribution in [0.4, 0.5) is 0 Å². The molecular formula is C26H35NO3. The Morgan fingerprint density at radius 1 is 1.03 bits per heavy atom. The number of ether oxygens (including phenoxy) is 2. The lowest BCUT2D eigenvalue weighted by Crippen LogP contribution is -2.03. The van der Waals surface area contributed by atoms with Gasteiger partial charge < -0.3 is 14.3 Å². The molecule has 0 aliphatic heterocycles. The minimum Gasteiger partial charge on any atom is -0.493 e. The van der Waals surface area contributed by atoms with Crippen LogP contribution in [0.2, 0.25) is 0 Å². The number of nitrogens with zero attached hydrogens (tertiary/aromatic N) is 1. The van der Waals surface area contributed by atoms with E-state index in [4.69, 9.17) is 14.3 Å². The van der Waals surface area contributed by atoms with Crippen molar-refractivity contribution < 1.29 is 14.3 Å². The molecule has 0 fully saturated rings. The molecule has 30 heavy (non-hydrogen) atoms. The summed E-state index contributed by atoms with van der Waals surface area (Å²) in [6.45, 7) is 9.53. The van der Waals surface area contributed by atoms with E-state index < -0.39 is 0 Å². The minimum absolute atomic E-state index is 0.591. The van der Waals surface area contributed by atoms with Crippen LogP contribution in [0, 0.1) is 13.8 Å².